The number of carbonyl (C=O) groups excluding carboxylic acids is 2. The summed E-state index contributed by atoms with van der Waals surface area (Å²) in [5.41, 5.74) is 1.63. The third-order valence-electron chi connectivity index (χ3n) is 5.21. The zero-order valence-corrected chi connectivity index (χ0v) is 18.6. The Morgan fingerprint density at radius 3 is 2.25 bits per heavy atom. The number of amides is 2. The largest absolute Gasteiger partial charge is 0.382 e. The number of carbonyl (C=O) groups is 2. The monoisotopic (exact) mass is 435 g/mol. The Labute approximate surface area is 188 Å². The van der Waals surface area contributed by atoms with E-state index in [-0.39, 0.29) is 29.9 Å². The molecule has 168 valence electrons. The average molecular weight is 436 g/mol. The van der Waals surface area contributed by atoms with Gasteiger partial charge in [0.2, 0.25) is 5.91 Å². The Balaban J connectivity index is 1.69. The highest BCUT2D eigenvalue weighted by molar-refractivity contribution is 6.00. The maximum absolute atomic E-state index is 13.0. The van der Waals surface area contributed by atoms with Crippen LogP contribution in [0.4, 0.5) is 17.3 Å². The van der Waals surface area contributed by atoms with Crippen molar-refractivity contribution in [3.05, 3.63) is 41.7 Å². The summed E-state index contributed by atoms with van der Waals surface area (Å²) in [4.78, 5) is 32.8. The van der Waals surface area contributed by atoms with E-state index in [4.69, 9.17) is 5.26 Å². The molecule has 1 fully saturated rings. The van der Waals surface area contributed by atoms with E-state index < -0.39 is 0 Å². The van der Waals surface area contributed by atoms with E-state index >= 15 is 0 Å². The SMILES string of the molecule is CC(=O)NC1CCC(NC(=O)c2cnc(Nc3ccc(C#N)cn3)cc2NC(C)C)CC1. The Bertz CT molecular complexity index is 990. The van der Waals surface area contributed by atoms with Gasteiger partial charge in [-0.05, 0) is 51.7 Å². The lowest BCUT2D eigenvalue weighted by molar-refractivity contribution is -0.119. The highest BCUT2D eigenvalue weighted by Gasteiger charge is 2.24. The molecule has 2 amide bonds. The molecule has 0 atom stereocenters. The average Bonchev–Trinajstić information content (AvgIpc) is 2.75. The molecule has 1 aliphatic rings. The van der Waals surface area contributed by atoms with Crippen molar-refractivity contribution in [3.63, 3.8) is 0 Å². The van der Waals surface area contributed by atoms with Crippen molar-refractivity contribution < 1.29 is 9.59 Å². The molecule has 0 spiro atoms. The molecule has 32 heavy (non-hydrogen) atoms. The van der Waals surface area contributed by atoms with E-state index in [1.807, 2.05) is 19.9 Å². The van der Waals surface area contributed by atoms with Gasteiger partial charge in [0, 0.05) is 43.5 Å². The van der Waals surface area contributed by atoms with E-state index in [0.717, 1.165) is 25.7 Å². The van der Waals surface area contributed by atoms with Crippen molar-refractivity contribution in [1.82, 2.24) is 20.6 Å². The van der Waals surface area contributed by atoms with E-state index in [1.165, 1.54) is 13.1 Å². The summed E-state index contributed by atoms with van der Waals surface area (Å²) < 4.78 is 0. The van der Waals surface area contributed by atoms with Crippen LogP contribution in [0, 0.1) is 11.3 Å². The Morgan fingerprint density at radius 1 is 1.03 bits per heavy atom. The van der Waals surface area contributed by atoms with Gasteiger partial charge < -0.3 is 21.3 Å². The maximum Gasteiger partial charge on any atom is 0.255 e. The third kappa shape index (κ3) is 6.41. The molecule has 3 rings (SSSR count). The first kappa shape index (κ1) is 23.0. The number of nitrogens with one attached hydrogen (secondary N) is 4. The fourth-order valence-corrected chi connectivity index (χ4v) is 3.73. The van der Waals surface area contributed by atoms with Crippen molar-refractivity contribution in [1.29, 1.82) is 5.26 Å². The maximum atomic E-state index is 13.0. The molecular weight excluding hydrogens is 406 g/mol. The van der Waals surface area contributed by atoms with Gasteiger partial charge >= 0.3 is 0 Å². The summed E-state index contributed by atoms with van der Waals surface area (Å²) in [5, 5.41) is 21.4. The summed E-state index contributed by atoms with van der Waals surface area (Å²) in [7, 11) is 0. The number of nitriles is 1. The van der Waals surface area contributed by atoms with Crippen molar-refractivity contribution >= 4 is 29.1 Å². The molecule has 2 heterocycles. The number of anilines is 3. The predicted molar refractivity (Wildman–Crippen MR) is 123 cm³/mol. The smallest absolute Gasteiger partial charge is 0.255 e. The molecule has 0 aliphatic heterocycles. The predicted octanol–water partition coefficient (Wildman–Crippen LogP) is 3.09. The number of pyridine rings is 2. The Hall–Kier alpha value is -3.67. The number of nitrogens with zero attached hydrogens (tertiary/aromatic N) is 3. The van der Waals surface area contributed by atoms with Gasteiger partial charge in [0.05, 0.1) is 16.8 Å². The summed E-state index contributed by atoms with van der Waals surface area (Å²) in [5.74, 6) is 0.905. The van der Waals surface area contributed by atoms with Crippen LogP contribution < -0.4 is 21.3 Å². The van der Waals surface area contributed by atoms with Crippen LogP contribution >= 0.6 is 0 Å². The summed E-state index contributed by atoms with van der Waals surface area (Å²) >= 11 is 0. The second-order valence-electron chi connectivity index (χ2n) is 8.31. The van der Waals surface area contributed by atoms with Crippen molar-refractivity contribution in [2.75, 3.05) is 10.6 Å². The van der Waals surface area contributed by atoms with Gasteiger partial charge in [0.1, 0.15) is 17.7 Å². The van der Waals surface area contributed by atoms with Crippen LogP contribution in [-0.2, 0) is 4.79 Å². The standard InChI is InChI=1S/C23H29N7O2/c1-14(2)27-20-10-22(30-21-9-4-16(11-24)12-25-21)26-13-19(20)23(32)29-18-7-5-17(6-8-18)28-15(3)31/h4,9-10,12-14,17-18H,5-8H2,1-3H3,(H,28,31)(H,29,32)(H2,25,26,27,30). The van der Waals surface area contributed by atoms with Crippen LogP contribution in [-0.4, -0.2) is 39.9 Å². The van der Waals surface area contributed by atoms with Crippen LogP contribution in [0.15, 0.2) is 30.6 Å². The molecule has 1 saturated carbocycles. The minimum absolute atomic E-state index is 0.0159. The molecule has 9 heteroatoms. The zero-order valence-electron chi connectivity index (χ0n) is 18.6. The number of rotatable bonds is 7. The molecule has 1 aliphatic carbocycles. The molecule has 0 aromatic carbocycles. The summed E-state index contributed by atoms with van der Waals surface area (Å²) in [6.45, 7) is 5.53. The first-order chi connectivity index (χ1) is 15.3. The van der Waals surface area contributed by atoms with Gasteiger partial charge in [-0.3, -0.25) is 9.59 Å². The van der Waals surface area contributed by atoms with E-state index in [2.05, 4.69) is 31.2 Å². The fraction of sp³-hybridized carbons (Fsp3) is 0.435. The van der Waals surface area contributed by atoms with Crippen LogP contribution in [0.1, 0.15) is 62.4 Å². The Kier molecular flexibility index (Phi) is 7.60. The first-order valence-electron chi connectivity index (χ1n) is 10.8. The molecule has 0 saturated heterocycles. The van der Waals surface area contributed by atoms with Gasteiger partial charge in [0.25, 0.3) is 5.91 Å². The third-order valence-corrected chi connectivity index (χ3v) is 5.21. The second kappa shape index (κ2) is 10.6. The van der Waals surface area contributed by atoms with Gasteiger partial charge in [-0.25, -0.2) is 9.97 Å². The normalized spacial score (nSPS) is 17.8. The van der Waals surface area contributed by atoms with Crippen molar-refractivity contribution in [3.8, 4) is 6.07 Å². The van der Waals surface area contributed by atoms with Crippen LogP contribution in [0.5, 0.6) is 0 Å². The van der Waals surface area contributed by atoms with Crippen LogP contribution in [0.3, 0.4) is 0 Å². The number of hydrogen-bond donors (Lipinski definition) is 4. The lowest BCUT2D eigenvalue weighted by Crippen LogP contribution is -2.43. The van der Waals surface area contributed by atoms with E-state index in [1.54, 1.807) is 24.4 Å². The molecule has 9 nitrogen and oxygen atoms in total. The summed E-state index contributed by atoms with van der Waals surface area (Å²) in [6, 6.07) is 7.56. The highest BCUT2D eigenvalue weighted by Crippen LogP contribution is 2.24. The second-order valence-corrected chi connectivity index (χ2v) is 8.31. The highest BCUT2D eigenvalue weighted by atomic mass is 16.2. The minimum atomic E-state index is -0.174. The lowest BCUT2D eigenvalue weighted by Gasteiger charge is -2.29. The van der Waals surface area contributed by atoms with Gasteiger partial charge in [-0.1, -0.05) is 0 Å². The first-order valence-corrected chi connectivity index (χ1v) is 10.8. The van der Waals surface area contributed by atoms with Gasteiger partial charge in [0.15, 0.2) is 0 Å². The molecular formula is C23H29N7O2. The van der Waals surface area contributed by atoms with Gasteiger partial charge in [-0.2, -0.15) is 5.26 Å². The van der Waals surface area contributed by atoms with Crippen molar-refractivity contribution in [2.45, 2.75) is 64.6 Å². The minimum Gasteiger partial charge on any atom is -0.382 e. The molecule has 0 bridgehead atoms. The van der Waals surface area contributed by atoms with E-state index in [0.29, 0.717) is 28.5 Å². The molecule has 0 unspecified atom stereocenters. The molecule has 4 N–H and O–H groups in total. The lowest BCUT2D eigenvalue weighted by atomic mass is 9.91. The number of aromatic nitrogens is 2. The van der Waals surface area contributed by atoms with Gasteiger partial charge in [-0.15, -0.1) is 0 Å². The summed E-state index contributed by atoms with van der Waals surface area (Å²) in [6.07, 6.45) is 6.37. The number of hydrogen-bond acceptors (Lipinski definition) is 7. The Morgan fingerprint density at radius 2 is 1.69 bits per heavy atom. The van der Waals surface area contributed by atoms with Crippen molar-refractivity contribution in [2.24, 2.45) is 0 Å². The molecule has 2 aromatic rings. The quantitative estimate of drug-likeness (QED) is 0.525. The van der Waals surface area contributed by atoms with Crippen LogP contribution in [0.2, 0.25) is 0 Å². The zero-order chi connectivity index (χ0) is 23.1. The molecule has 0 radical (unpaired) electrons. The fourth-order valence-electron chi connectivity index (χ4n) is 3.73. The van der Waals surface area contributed by atoms with Crippen LogP contribution in [0.25, 0.3) is 0 Å². The topological polar surface area (TPSA) is 132 Å². The van der Waals surface area contributed by atoms with E-state index in [9.17, 15) is 9.59 Å². The molecule has 2 aromatic heterocycles.